The number of alkyl carbamates (subject to hydrolysis) is 1. The lowest BCUT2D eigenvalue weighted by atomic mass is 10.1. The van der Waals surface area contributed by atoms with E-state index in [1.165, 1.54) is 10.9 Å². The number of ether oxygens (including phenoxy) is 3. The van der Waals surface area contributed by atoms with E-state index in [1.54, 1.807) is 13.8 Å². The first-order valence-corrected chi connectivity index (χ1v) is 10.3. The molecular weight excluding hydrogens is 476 g/mol. The second-order valence-electron chi connectivity index (χ2n) is 7.47. The predicted octanol–water partition coefficient (Wildman–Crippen LogP) is 1.92. The average molecular weight is 509 g/mol. The third kappa shape index (κ3) is 8.30. The summed E-state index contributed by atoms with van der Waals surface area (Å²) in [5.74, 6) is -0.841. The van der Waals surface area contributed by atoms with Gasteiger partial charge in [0, 0.05) is 0 Å². The molecule has 0 aliphatic rings. The lowest BCUT2D eigenvalue weighted by Gasteiger charge is -2.20. The highest BCUT2D eigenvalue weighted by molar-refractivity contribution is 7.59. The maximum Gasteiger partial charge on any atom is 0.408 e. The van der Waals surface area contributed by atoms with E-state index in [9.17, 15) is 14.4 Å². The highest BCUT2D eigenvalue weighted by Gasteiger charge is 2.26. The zero-order valence-electron chi connectivity index (χ0n) is 18.8. The van der Waals surface area contributed by atoms with Crippen molar-refractivity contribution in [3.8, 4) is 0 Å². The summed E-state index contributed by atoms with van der Waals surface area (Å²) in [5, 5.41) is 2.54. The molecule has 0 saturated carbocycles. The zero-order valence-corrected chi connectivity index (χ0v) is 19.8. The van der Waals surface area contributed by atoms with Crippen LogP contribution in [0, 0.1) is 5.92 Å². The van der Waals surface area contributed by atoms with Crippen molar-refractivity contribution in [2.75, 3.05) is 18.9 Å². The van der Waals surface area contributed by atoms with Crippen molar-refractivity contribution in [2.24, 2.45) is 5.92 Å². The minimum Gasteiger partial charge on any atom is -0.462 e. The Bertz CT molecular complexity index is 1150. The summed E-state index contributed by atoms with van der Waals surface area (Å²) >= 11 is 0. The molecule has 12 nitrogen and oxygen atoms in total. The minimum atomic E-state index is -0.871. The second-order valence-corrected chi connectivity index (χ2v) is 7.47. The molecule has 0 radical (unpaired) electrons. The lowest BCUT2D eigenvalue weighted by Crippen LogP contribution is -2.45. The highest BCUT2D eigenvalue weighted by atomic mass is 32.1. The number of imidazole rings is 1. The number of benzene rings is 1. The van der Waals surface area contributed by atoms with Gasteiger partial charge in [0.1, 0.15) is 26.0 Å². The first-order chi connectivity index (χ1) is 15.8. The van der Waals surface area contributed by atoms with Crippen molar-refractivity contribution in [2.45, 2.75) is 40.7 Å². The Morgan fingerprint density at radius 1 is 1.17 bits per heavy atom. The van der Waals surface area contributed by atoms with Crippen LogP contribution in [-0.4, -0.2) is 50.8 Å². The molecule has 0 unspecified atom stereocenters. The summed E-state index contributed by atoms with van der Waals surface area (Å²) in [6.07, 6.45) is 0.692. The van der Waals surface area contributed by atoms with Crippen LogP contribution in [-0.2, 0) is 32.3 Å². The minimum absolute atomic E-state index is 0. The van der Waals surface area contributed by atoms with Gasteiger partial charge in [-0.25, -0.2) is 14.6 Å². The van der Waals surface area contributed by atoms with Gasteiger partial charge >= 0.3 is 12.1 Å². The van der Waals surface area contributed by atoms with Crippen molar-refractivity contribution in [1.29, 1.82) is 0 Å². The van der Waals surface area contributed by atoms with Crippen LogP contribution in [0.25, 0.3) is 11.2 Å². The van der Waals surface area contributed by atoms with Crippen molar-refractivity contribution in [3.05, 3.63) is 52.6 Å². The van der Waals surface area contributed by atoms with Gasteiger partial charge in [0.25, 0.3) is 5.56 Å². The number of nitrogen functional groups attached to an aromatic ring is 1. The Balaban J connectivity index is 0.00000306. The SMILES string of the molecule is C.CC(C)[C@H](NC(=O)OCc1ccccc1)C(=O)OCCOCn1cnc2c(=O)[nH]c(N)nc21.S. The number of hydrogen-bond donors (Lipinski definition) is 3. The summed E-state index contributed by atoms with van der Waals surface area (Å²) in [7, 11) is 0. The van der Waals surface area contributed by atoms with Crippen molar-refractivity contribution in [1.82, 2.24) is 24.8 Å². The molecule has 0 bridgehead atoms. The normalized spacial score (nSPS) is 11.3. The second kappa shape index (κ2) is 14.0. The number of esters is 1. The van der Waals surface area contributed by atoms with Gasteiger partial charge in [-0.1, -0.05) is 51.6 Å². The summed E-state index contributed by atoms with van der Waals surface area (Å²) < 4.78 is 17.4. The van der Waals surface area contributed by atoms with Crippen molar-refractivity contribution < 1.29 is 23.8 Å². The van der Waals surface area contributed by atoms with Crippen LogP contribution in [0.2, 0.25) is 0 Å². The third-order valence-corrected chi connectivity index (χ3v) is 4.60. The van der Waals surface area contributed by atoms with Crippen LogP contribution in [0.5, 0.6) is 0 Å². The summed E-state index contributed by atoms with van der Waals surface area (Å²) in [6, 6.07) is 8.34. The van der Waals surface area contributed by atoms with Crippen LogP contribution < -0.4 is 16.6 Å². The molecule has 0 aliphatic carbocycles. The number of nitrogens with two attached hydrogens (primary N) is 1. The molecule has 3 aromatic rings. The van der Waals surface area contributed by atoms with Crippen LogP contribution in [0.4, 0.5) is 10.7 Å². The standard InChI is InChI=1S/C21H26N6O6.CH4.H2S/c1-13(2)15(24-21(30)33-10-14-6-4-3-5-7-14)19(29)32-9-8-31-12-27-11-23-16-17(27)25-20(22)26-18(16)28;;/h3-7,11,13,15H,8-10,12H2,1-2H3,(H,24,30)(H3,22,25,26,28);1H4;1H2/t15-;;/m0../s1. The fourth-order valence-corrected chi connectivity index (χ4v) is 2.91. The zero-order chi connectivity index (χ0) is 23.8. The monoisotopic (exact) mass is 508 g/mol. The molecule has 192 valence electrons. The Labute approximate surface area is 209 Å². The summed E-state index contributed by atoms with van der Waals surface area (Å²) in [4.78, 5) is 46.7. The van der Waals surface area contributed by atoms with E-state index >= 15 is 0 Å². The van der Waals surface area contributed by atoms with Crippen LogP contribution in [0.15, 0.2) is 41.5 Å². The smallest absolute Gasteiger partial charge is 0.408 e. The van der Waals surface area contributed by atoms with Gasteiger partial charge in [0.2, 0.25) is 5.95 Å². The van der Waals surface area contributed by atoms with E-state index < -0.39 is 23.7 Å². The molecule has 0 aliphatic heterocycles. The fourth-order valence-electron chi connectivity index (χ4n) is 2.91. The van der Waals surface area contributed by atoms with Crippen molar-refractivity contribution in [3.63, 3.8) is 0 Å². The summed E-state index contributed by atoms with van der Waals surface area (Å²) in [5.41, 5.74) is 6.37. The Morgan fingerprint density at radius 2 is 1.89 bits per heavy atom. The number of nitrogens with one attached hydrogen (secondary N) is 2. The third-order valence-electron chi connectivity index (χ3n) is 4.60. The molecule has 3 rings (SSSR count). The number of amides is 1. The van der Waals surface area contributed by atoms with Gasteiger partial charge < -0.3 is 25.3 Å². The maximum absolute atomic E-state index is 12.4. The lowest BCUT2D eigenvalue weighted by molar-refractivity contribution is -0.149. The van der Waals surface area contributed by atoms with Gasteiger partial charge in [-0.2, -0.15) is 18.5 Å². The molecule has 2 heterocycles. The molecule has 13 heteroatoms. The molecule has 35 heavy (non-hydrogen) atoms. The number of aromatic nitrogens is 4. The average Bonchev–Trinajstić information content (AvgIpc) is 3.19. The number of hydrogen-bond acceptors (Lipinski definition) is 9. The largest absolute Gasteiger partial charge is 0.462 e. The number of aromatic amines is 1. The molecule has 4 N–H and O–H groups in total. The Hall–Kier alpha value is -3.58. The first kappa shape index (κ1) is 29.5. The molecule has 0 saturated heterocycles. The van der Waals surface area contributed by atoms with Crippen molar-refractivity contribution >= 4 is 42.7 Å². The van der Waals surface area contributed by atoms with Crippen LogP contribution in [0.3, 0.4) is 0 Å². The van der Waals surface area contributed by atoms with Gasteiger partial charge in [-0.15, -0.1) is 0 Å². The summed E-state index contributed by atoms with van der Waals surface area (Å²) in [6.45, 7) is 3.73. The number of anilines is 1. The molecule has 0 spiro atoms. The van der Waals surface area contributed by atoms with E-state index in [4.69, 9.17) is 19.9 Å². The number of carbonyl (C=O) groups is 2. The topological polar surface area (TPSA) is 163 Å². The number of H-pyrrole nitrogens is 1. The first-order valence-electron chi connectivity index (χ1n) is 10.3. The van der Waals surface area contributed by atoms with Crippen LogP contribution >= 0.6 is 13.5 Å². The highest BCUT2D eigenvalue weighted by Crippen LogP contribution is 2.08. The van der Waals surface area contributed by atoms with Gasteiger partial charge in [0.15, 0.2) is 11.2 Å². The number of nitrogens with zero attached hydrogens (tertiary/aromatic N) is 3. The van der Waals surface area contributed by atoms with Crippen LogP contribution in [0.1, 0.15) is 26.8 Å². The molecule has 0 fully saturated rings. The number of rotatable bonds is 10. The van der Waals surface area contributed by atoms with E-state index in [0.29, 0.717) is 0 Å². The molecular formula is C22H32N6O6S. The van der Waals surface area contributed by atoms with E-state index in [0.717, 1.165) is 5.56 Å². The Morgan fingerprint density at radius 3 is 2.57 bits per heavy atom. The molecule has 1 aromatic carbocycles. The van der Waals surface area contributed by atoms with Gasteiger partial charge in [0.05, 0.1) is 12.9 Å². The van der Waals surface area contributed by atoms with Gasteiger partial charge in [-0.3, -0.25) is 14.3 Å². The molecule has 2 aromatic heterocycles. The molecule has 1 amide bonds. The Kier molecular flexibility index (Phi) is 11.8. The number of carbonyl (C=O) groups excluding carboxylic acids is 2. The fraction of sp³-hybridized carbons (Fsp3) is 0.409. The van der Waals surface area contributed by atoms with E-state index in [-0.39, 0.29) is 70.5 Å². The van der Waals surface area contributed by atoms with E-state index in [2.05, 4.69) is 20.3 Å². The van der Waals surface area contributed by atoms with E-state index in [1.807, 2.05) is 30.3 Å². The quantitative estimate of drug-likeness (QED) is 0.274. The van der Waals surface area contributed by atoms with Gasteiger partial charge in [-0.05, 0) is 11.5 Å². The predicted molar refractivity (Wildman–Crippen MR) is 135 cm³/mol. The molecule has 1 atom stereocenters. The maximum atomic E-state index is 12.4. The number of fused-ring (bicyclic) bond motifs is 1.